The Hall–Kier alpha value is -1.83. The van der Waals surface area contributed by atoms with E-state index in [1.165, 1.54) is 0 Å². The Morgan fingerprint density at radius 1 is 0.800 bits per heavy atom. The van der Waals surface area contributed by atoms with Crippen molar-refractivity contribution in [3.05, 3.63) is 81.8 Å². The Kier molecular flexibility index (Phi) is 3.47. The summed E-state index contributed by atoms with van der Waals surface area (Å²) in [5.41, 5.74) is 1.03. The molecule has 0 aliphatic carbocycles. The molecule has 0 amide bonds. The predicted molar refractivity (Wildman–Crippen MR) is 83.8 cm³/mol. The van der Waals surface area contributed by atoms with Crippen molar-refractivity contribution < 1.29 is 4.79 Å². The third kappa shape index (κ3) is 2.31. The van der Waals surface area contributed by atoms with Gasteiger partial charge in [-0.1, -0.05) is 65.7 Å². The van der Waals surface area contributed by atoms with Crippen molar-refractivity contribution in [2.24, 2.45) is 0 Å². The second-order valence-corrected chi connectivity index (χ2v) is 5.28. The lowest BCUT2D eigenvalue weighted by molar-refractivity contribution is 0.103. The normalized spacial score (nSPS) is 10.7. The van der Waals surface area contributed by atoms with E-state index in [0.717, 1.165) is 10.8 Å². The third-order valence-corrected chi connectivity index (χ3v) is 4.03. The van der Waals surface area contributed by atoms with E-state index in [-0.39, 0.29) is 5.78 Å². The van der Waals surface area contributed by atoms with E-state index in [0.29, 0.717) is 21.2 Å². The Balaban J connectivity index is 2.10. The number of hydrogen-bond donors (Lipinski definition) is 0. The molecule has 0 fully saturated rings. The van der Waals surface area contributed by atoms with Crippen LogP contribution in [0.2, 0.25) is 10.0 Å². The molecule has 0 heterocycles. The average Bonchev–Trinajstić information content (AvgIpc) is 2.49. The van der Waals surface area contributed by atoms with Crippen molar-refractivity contribution in [2.45, 2.75) is 0 Å². The molecule has 0 aliphatic heterocycles. The quantitative estimate of drug-likeness (QED) is 0.581. The predicted octanol–water partition coefficient (Wildman–Crippen LogP) is 5.38. The SMILES string of the molecule is O=C(c1ccc2ccccc2c1)c1cccc(Cl)c1Cl. The van der Waals surface area contributed by atoms with E-state index in [1.807, 2.05) is 42.5 Å². The zero-order valence-corrected chi connectivity index (χ0v) is 11.9. The molecule has 20 heavy (non-hydrogen) atoms. The number of fused-ring (bicyclic) bond motifs is 1. The second kappa shape index (κ2) is 5.28. The first kappa shape index (κ1) is 13.2. The molecule has 98 valence electrons. The fourth-order valence-corrected chi connectivity index (χ4v) is 2.55. The average molecular weight is 301 g/mol. The summed E-state index contributed by atoms with van der Waals surface area (Å²) in [7, 11) is 0. The summed E-state index contributed by atoms with van der Waals surface area (Å²) >= 11 is 12.1. The molecule has 3 rings (SSSR count). The van der Waals surface area contributed by atoms with E-state index < -0.39 is 0 Å². The summed E-state index contributed by atoms with van der Waals surface area (Å²) in [5.74, 6) is -0.122. The van der Waals surface area contributed by atoms with Gasteiger partial charge in [0.15, 0.2) is 5.78 Å². The lowest BCUT2D eigenvalue weighted by Crippen LogP contribution is -2.02. The van der Waals surface area contributed by atoms with Gasteiger partial charge in [0.25, 0.3) is 0 Å². The van der Waals surface area contributed by atoms with Gasteiger partial charge in [-0.05, 0) is 29.0 Å². The van der Waals surface area contributed by atoms with Crippen LogP contribution in [0.3, 0.4) is 0 Å². The van der Waals surface area contributed by atoms with Crippen molar-refractivity contribution in [3.8, 4) is 0 Å². The minimum atomic E-state index is -0.122. The third-order valence-electron chi connectivity index (χ3n) is 3.21. The highest BCUT2D eigenvalue weighted by Crippen LogP contribution is 2.28. The lowest BCUT2D eigenvalue weighted by Gasteiger charge is -2.06. The van der Waals surface area contributed by atoms with Gasteiger partial charge < -0.3 is 0 Å². The summed E-state index contributed by atoms with van der Waals surface area (Å²) in [6.07, 6.45) is 0. The smallest absolute Gasteiger partial charge is 0.194 e. The van der Waals surface area contributed by atoms with Crippen molar-refractivity contribution in [2.75, 3.05) is 0 Å². The fraction of sp³-hybridized carbons (Fsp3) is 0. The highest BCUT2D eigenvalue weighted by Gasteiger charge is 2.14. The van der Waals surface area contributed by atoms with Crippen LogP contribution in [0.1, 0.15) is 15.9 Å². The van der Waals surface area contributed by atoms with Crippen LogP contribution in [0.15, 0.2) is 60.7 Å². The van der Waals surface area contributed by atoms with Crippen LogP contribution in [-0.4, -0.2) is 5.78 Å². The summed E-state index contributed by atoms with van der Waals surface area (Å²) in [6, 6.07) is 18.6. The van der Waals surface area contributed by atoms with Crippen molar-refractivity contribution in [1.29, 1.82) is 0 Å². The largest absolute Gasteiger partial charge is 0.289 e. The maximum atomic E-state index is 12.5. The molecule has 0 aliphatic rings. The van der Waals surface area contributed by atoms with Gasteiger partial charge in [0.2, 0.25) is 0 Å². The molecule has 0 saturated carbocycles. The molecule has 3 aromatic rings. The van der Waals surface area contributed by atoms with Crippen molar-refractivity contribution in [1.82, 2.24) is 0 Å². The maximum Gasteiger partial charge on any atom is 0.194 e. The molecule has 0 spiro atoms. The van der Waals surface area contributed by atoms with Gasteiger partial charge in [-0.15, -0.1) is 0 Å². The van der Waals surface area contributed by atoms with Crippen LogP contribution in [0, 0.1) is 0 Å². The monoisotopic (exact) mass is 300 g/mol. The number of carbonyl (C=O) groups excluding carboxylic acids is 1. The minimum Gasteiger partial charge on any atom is -0.289 e. The number of hydrogen-bond acceptors (Lipinski definition) is 1. The van der Waals surface area contributed by atoms with Gasteiger partial charge in [-0.2, -0.15) is 0 Å². The molecule has 0 unspecified atom stereocenters. The molecular formula is C17H10Cl2O. The summed E-state index contributed by atoms with van der Waals surface area (Å²) < 4.78 is 0. The number of ketones is 1. The van der Waals surface area contributed by atoms with Gasteiger partial charge in [-0.25, -0.2) is 0 Å². The zero-order valence-electron chi connectivity index (χ0n) is 10.4. The van der Waals surface area contributed by atoms with Gasteiger partial charge in [0.05, 0.1) is 10.0 Å². The van der Waals surface area contributed by atoms with Gasteiger partial charge in [0.1, 0.15) is 0 Å². The summed E-state index contributed by atoms with van der Waals surface area (Å²) in [5, 5.41) is 2.81. The summed E-state index contributed by atoms with van der Waals surface area (Å²) in [4.78, 5) is 12.5. The Labute approximate surface area is 126 Å². The molecule has 0 atom stereocenters. The molecule has 0 saturated heterocycles. The molecule has 0 aromatic heterocycles. The number of benzene rings is 3. The van der Waals surface area contributed by atoms with Crippen molar-refractivity contribution >= 4 is 39.8 Å². The highest BCUT2D eigenvalue weighted by molar-refractivity contribution is 6.44. The molecule has 3 heteroatoms. The van der Waals surface area contributed by atoms with E-state index in [1.54, 1.807) is 18.2 Å². The molecule has 0 radical (unpaired) electrons. The molecular weight excluding hydrogens is 291 g/mol. The van der Waals surface area contributed by atoms with Gasteiger partial charge in [0, 0.05) is 11.1 Å². The number of rotatable bonds is 2. The van der Waals surface area contributed by atoms with Gasteiger partial charge >= 0.3 is 0 Å². The molecule has 0 N–H and O–H groups in total. The Morgan fingerprint density at radius 3 is 2.35 bits per heavy atom. The van der Waals surface area contributed by atoms with E-state index in [9.17, 15) is 4.79 Å². The fourth-order valence-electron chi connectivity index (χ4n) is 2.17. The van der Waals surface area contributed by atoms with Crippen molar-refractivity contribution in [3.63, 3.8) is 0 Å². The van der Waals surface area contributed by atoms with E-state index in [4.69, 9.17) is 23.2 Å². The topological polar surface area (TPSA) is 17.1 Å². The molecule has 3 aromatic carbocycles. The Bertz CT molecular complexity index is 809. The van der Waals surface area contributed by atoms with E-state index >= 15 is 0 Å². The van der Waals surface area contributed by atoms with Crippen LogP contribution < -0.4 is 0 Å². The number of halogens is 2. The first-order valence-electron chi connectivity index (χ1n) is 6.14. The van der Waals surface area contributed by atoms with Crippen LogP contribution in [0.25, 0.3) is 10.8 Å². The molecule has 0 bridgehead atoms. The first-order chi connectivity index (χ1) is 9.66. The maximum absolute atomic E-state index is 12.5. The Morgan fingerprint density at radius 2 is 1.55 bits per heavy atom. The van der Waals surface area contributed by atoms with Crippen LogP contribution in [-0.2, 0) is 0 Å². The first-order valence-corrected chi connectivity index (χ1v) is 6.90. The van der Waals surface area contributed by atoms with Crippen LogP contribution in [0.5, 0.6) is 0 Å². The summed E-state index contributed by atoms with van der Waals surface area (Å²) in [6.45, 7) is 0. The lowest BCUT2D eigenvalue weighted by atomic mass is 10.00. The zero-order chi connectivity index (χ0) is 14.1. The minimum absolute atomic E-state index is 0.122. The van der Waals surface area contributed by atoms with Gasteiger partial charge in [-0.3, -0.25) is 4.79 Å². The van der Waals surface area contributed by atoms with Crippen LogP contribution in [0.4, 0.5) is 0 Å². The highest BCUT2D eigenvalue weighted by atomic mass is 35.5. The molecule has 1 nitrogen and oxygen atoms in total. The standard InChI is InChI=1S/C17H10Cl2O/c18-15-7-3-6-14(16(15)19)17(20)13-9-8-11-4-1-2-5-12(11)10-13/h1-10H. The van der Waals surface area contributed by atoms with E-state index in [2.05, 4.69) is 0 Å². The number of carbonyl (C=O) groups is 1. The van der Waals surface area contributed by atoms with Crippen LogP contribution >= 0.6 is 23.2 Å². The second-order valence-electron chi connectivity index (χ2n) is 4.49.